The van der Waals surface area contributed by atoms with Crippen molar-refractivity contribution in [3.63, 3.8) is 0 Å². The lowest BCUT2D eigenvalue weighted by Gasteiger charge is -2.32. The quantitative estimate of drug-likeness (QED) is 0.813. The third-order valence-corrected chi connectivity index (χ3v) is 6.76. The van der Waals surface area contributed by atoms with Gasteiger partial charge in [-0.2, -0.15) is 0 Å². The van der Waals surface area contributed by atoms with E-state index in [9.17, 15) is 14.4 Å². The second-order valence-electron chi connectivity index (χ2n) is 8.58. The number of carbonyl (C=O) groups is 3. The van der Waals surface area contributed by atoms with Gasteiger partial charge in [0.25, 0.3) is 5.91 Å². The Balaban J connectivity index is 1.49. The van der Waals surface area contributed by atoms with Crippen LogP contribution < -0.4 is 5.32 Å². The van der Waals surface area contributed by atoms with Crippen LogP contribution in [0.2, 0.25) is 0 Å². The Kier molecular flexibility index (Phi) is 4.89. The van der Waals surface area contributed by atoms with Crippen LogP contribution in [-0.2, 0) is 28.0 Å². The zero-order valence-electron chi connectivity index (χ0n) is 16.8. The summed E-state index contributed by atoms with van der Waals surface area (Å²) >= 11 is 0. The number of fused-ring (bicyclic) bond motifs is 1. The molecule has 0 bridgehead atoms. The lowest BCUT2D eigenvalue weighted by atomic mass is 9.89. The molecule has 1 aliphatic heterocycles. The highest BCUT2D eigenvalue weighted by Gasteiger charge is 2.50. The Morgan fingerprint density at radius 1 is 1.14 bits per heavy atom. The fourth-order valence-corrected chi connectivity index (χ4v) is 4.84. The molecule has 2 aliphatic carbocycles. The first-order valence-electron chi connectivity index (χ1n) is 10.4. The number of hydrogen-bond acceptors (Lipinski definition) is 3. The van der Waals surface area contributed by atoms with Gasteiger partial charge in [0.2, 0.25) is 5.91 Å². The first-order valence-corrected chi connectivity index (χ1v) is 10.4. The Morgan fingerprint density at radius 3 is 2.61 bits per heavy atom. The normalized spacial score (nSPS) is 25.0. The fourth-order valence-electron chi connectivity index (χ4n) is 4.84. The van der Waals surface area contributed by atoms with Gasteiger partial charge in [0.15, 0.2) is 0 Å². The molecule has 0 radical (unpaired) electrons. The van der Waals surface area contributed by atoms with Crippen LogP contribution >= 0.6 is 0 Å². The molecule has 1 saturated heterocycles. The number of hydrogen-bond donors (Lipinski definition) is 1. The molecule has 3 aliphatic rings. The first kappa shape index (κ1) is 19.0. The van der Waals surface area contributed by atoms with Crippen LogP contribution in [0.5, 0.6) is 0 Å². The minimum absolute atomic E-state index is 0.173. The third-order valence-electron chi connectivity index (χ3n) is 6.76. The number of nitrogens with zero attached hydrogens (tertiary/aromatic N) is 2. The third kappa shape index (κ3) is 3.19. The van der Waals surface area contributed by atoms with Crippen LogP contribution in [0.15, 0.2) is 18.2 Å². The van der Waals surface area contributed by atoms with Gasteiger partial charge in [0.1, 0.15) is 12.1 Å². The number of aryl methyl sites for hydroxylation is 2. The summed E-state index contributed by atoms with van der Waals surface area (Å²) in [7, 11) is 1.79. The lowest BCUT2D eigenvalue weighted by Crippen LogP contribution is -2.46. The number of likely N-dealkylation sites (N-methyl/N-ethyl adjacent to an activating group) is 1. The number of rotatable bonds is 4. The molecule has 1 atom stereocenters. The molecule has 1 saturated carbocycles. The van der Waals surface area contributed by atoms with Crippen molar-refractivity contribution in [2.45, 2.75) is 69.9 Å². The Bertz CT molecular complexity index is 815. The molecule has 6 heteroatoms. The van der Waals surface area contributed by atoms with Crippen LogP contribution in [0.3, 0.4) is 0 Å². The van der Waals surface area contributed by atoms with Gasteiger partial charge in [-0.25, -0.2) is 4.79 Å². The Morgan fingerprint density at radius 2 is 1.86 bits per heavy atom. The van der Waals surface area contributed by atoms with Crippen LogP contribution in [-0.4, -0.2) is 47.3 Å². The van der Waals surface area contributed by atoms with Crippen LogP contribution in [0, 0.1) is 0 Å². The molecule has 2 fully saturated rings. The van der Waals surface area contributed by atoms with Crippen molar-refractivity contribution in [3.05, 3.63) is 34.9 Å². The first-order chi connectivity index (χ1) is 13.4. The largest absolute Gasteiger partial charge is 0.341 e. The minimum Gasteiger partial charge on any atom is -0.341 e. The summed E-state index contributed by atoms with van der Waals surface area (Å²) < 4.78 is 0. The summed E-state index contributed by atoms with van der Waals surface area (Å²) in [5.41, 5.74) is 2.26. The van der Waals surface area contributed by atoms with E-state index in [2.05, 4.69) is 11.4 Å². The van der Waals surface area contributed by atoms with Crippen molar-refractivity contribution in [1.29, 1.82) is 0 Å². The molecule has 6 nitrogen and oxygen atoms in total. The second-order valence-corrected chi connectivity index (χ2v) is 8.58. The van der Waals surface area contributed by atoms with Gasteiger partial charge in [-0.3, -0.25) is 14.5 Å². The summed E-state index contributed by atoms with van der Waals surface area (Å²) in [6.45, 7) is 1.54. The molecular formula is C22H29N3O3. The van der Waals surface area contributed by atoms with Crippen molar-refractivity contribution in [3.8, 4) is 0 Å². The van der Waals surface area contributed by atoms with Gasteiger partial charge < -0.3 is 10.2 Å². The van der Waals surface area contributed by atoms with Crippen molar-refractivity contribution in [1.82, 2.24) is 15.1 Å². The van der Waals surface area contributed by atoms with Crippen LogP contribution in [0.4, 0.5) is 4.79 Å². The molecule has 4 rings (SSSR count). The van der Waals surface area contributed by atoms with Crippen LogP contribution in [0.25, 0.3) is 0 Å². The predicted molar refractivity (Wildman–Crippen MR) is 106 cm³/mol. The van der Waals surface area contributed by atoms with Gasteiger partial charge in [-0.1, -0.05) is 37.5 Å². The molecule has 150 valence electrons. The van der Waals surface area contributed by atoms with Gasteiger partial charge in [0.05, 0.1) is 0 Å². The Hall–Kier alpha value is -2.37. The molecule has 28 heavy (non-hydrogen) atoms. The molecule has 1 aromatic carbocycles. The SMILES string of the molecule is CN(C(=O)CN1C(=O)N[C@@](C)(c2ccc3c(c2)CCC3)C1=O)C1CCCCC1. The molecule has 1 N–H and O–H groups in total. The predicted octanol–water partition coefficient (Wildman–Crippen LogP) is 2.73. The zero-order valence-corrected chi connectivity index (χ0v) is 16.8. The van der Waals surface area contributed by atoms with Gasteiger partial charge >= 0.3 is 6.03 Å². The molecule has 4 amide bonds. The monoisotopic (exact) mass is 383 g/mol. The molecular weight excluding hydrogens is 354 g/mol. The van der Waals surface area contributed by atoms with E-state index in [1.807, 2.05) is 12.1 Å². The maximum absolute atomic E-state index is 13.1. The van der Waals surface area contributed by atoms with E-state index in [1.165, 1.54) is 17.5 Å². The number of amides is 4. The second kappa shape index (κ2) is 7.22. The number of imide groups is 1. The van der Waals surface area contributed by atoms with E-state index in [1.54, 1.807) is 18.9 Å². The summed E-state index contributed by atoms with van der Waals surface area (Å²) in [5, 5.41) is 2.83. The average Bonchev–Trinajstić information content (AvgIpc) is 3.26. The summed E-state index contributed by atoms with van der Waals surface area (Å²) in [4.78, 5) is 41.3. The smallest absolute Gasteiger partial charge is 0.325 e. The van der Waals surface area contributed by atoms with Crippen LogP contribution in [0.1, 0.15) is 62.1 Å². The van der Waals surface area contributed by atoms with Crippen molar-refractivity contribution >= 4 is 17.8 Å². The van der Waals surface area contributed by atoms with Gasteiger partial charge in [-0.15, -0.1) is 0 Å². The van der Waals surface area contributed by atoms with E-state index in [0.29, 0.717) is 0 Å². The maximum atomic E-state index is 13.1. The highest BCUT2D eigenvalue weighted by atomic mass is 16.2. The number of carbonyl (C=O) groups excluding carboxylic acids is 3. The summed E-state index contributed by atoms with van der Waals surface area (Å²) in [5.74, 6) is -0.519. The summed E-state index contributed by atoms with van der Waals surface area (Å²) in [6.07, 6.45) is 8.67. The topological polar surface area (TPSA) is 69.7 Å². The minimum atomic E-state index is -1.11. The van der Waals surface area contributed by atoms with E-state index in [0.717, 1.165) is 55.4 Å². The molecule has 1 aromatic rings. The lowest BCUT2D eigenvalue weighted by molar-refractivity contribution is -0.139. The zero-order chi connectivity index (χ0) is 19.9. The number of benzene rings is 1. The van der Waals surface area contributed by atoms with Crippen molar-refractivity contribution in [2.24, 2.45) is 0 Å². The number of nitrogens with one attached hydrogen (secondary N) is 1. The maximum Gasteiger partial charge on any atom is 0.325 e. The average molecular weight is 383 g/mol. The number of urea groups is 1. The Labute approximate surface area is 166 Å². The van der Waals surface area contributed by atoms with E-state index in [-0.39, 0.29) is 24.4 Å². The van der Waals surface area contributed by atoms with E-state index in [4.69, 9.17) is 0 Å². The van der Waals surface area contributed by atoms with E-state index >= 15 is 0 Å². The highest BCUT2D eigenvalue weighted by molar-refractivity contribution is 6.09. The van der Waals surface area contributed by atoms with Crippen molar-refractivity contribution in [2.75, 3.05) is 13.6 Å². The highest BCUT2D eigenvalue weighted by Crippen LogP contribution is 2.32. The molecule has 0 spiro atoms. The molecule has 0 unspecified atom stereocenters. The summed E-state index contributed by atoms with van der Waals surface area (Å²) in [6, 6.07) is 5.76. The van der Waals surface area contributed by atoms with E-state index < -0.39 is 11.6 Å². The molecule has 1 heterocycles. The molecule has 0 aromatic heterocycles. The van der Waals surface area contributed by atoms with Gasteiger partial charge in [0, 0.05) is 13.1 Å². The fraction of sp³-hybridized carbons (Fsp3) is 0.591. The standard InChI is InChI=1S/C22H29N3O3/c1-22(17-12-11-15-7-6-8-16(15)13-17)20(27)25(21(28)23-22)14-19(26)24(2)18-9-4-3-5-10-18/h11-13,18H,3-10,14H2,1-2H3,(H,23,28)/t22-/m0/s1. The van der Waals surface area contributed by atoms with Gasteiger partial charge in [-0.05, 0) is 55.7 Å². The van der Waals surface area contributed by atoms with Crippen molar-refractivity contribution < 1.29 is 14.4 Å².